The van der Waals surface area contributed by atoms with Gasteiger partial charge in [0.1, 0.15) is 0 Å². The minimum Gasteiger partial charge on any atom is -0.0649 e. The average molecular weight is 311 g/mol. The van der Waals surface area contributed by atoms with Gasteiger partial charge >= 0.3 is 0 Å². The van der Waals surface area contributed by atoms with E-state index in [1.165, 1.54) is 57.8 Å². The van der Waals surface area contributed by atoms with Crippen molar-refractivity contribution in [2.45, 2.75) is 113 Å². The van der Waals surface area contributed by atoms with Crippen LogP contribution in [-0.2, 0) is 0 Å². The van der Waals surface area contributed by atoms with Crippen LogP contribution in [0.3, 0.4) is 0 Å². The molecule has 3 unspecified atom stereocenters. The highest BCUT2D eigenvalue weighted by atomic mass is 14.3. The van der Waals surface area contributed by atoms with Gasteiger partial charge < -0.3 is 0 Å². The summed E-state index contributed by atoms with van der Waals surface area (Å²) >= 11 is 0. The average Bonchev–Trinajstić information content (AvgIpc) is 2.44. The third-order valence-corrected chi connectivity index (χ3v) is 6.28. The van der Waals surface area contributed by atoms with Crippen LogP contribution in [0.5, 0.6) is 0 Å². The largest absolute Gasteiger partial charge is 0.0649 e. The summed E-state index contributed by atoms with van der Waals surface area (Å²) in [6, 6.07) is 0. The molecule has 0 aliphatic rings. The summed E-state index contributed by atoms with van der Waals surface area (Å²) in [5.74, 6) is 3.53. The maximum Gasteiger partial charge on any atom is -0.0305 e. The molecule has 22 heavy (non-hydrogen) atoms. The van der Waals surface area contributed by atoms with E-state index in [0.29, 0.717) is 5.41 Å². The zero-order chi connectivity index (χ0) is 17.2. The molecule has 0 aromatic carbocycles. The summed E-state index contributed by atoms with van der Waals surface area (Å²) in [5, 5.41) is 0. The summed E-state index contributed by atoms with van der Waals surface area (Å²) in [5.41, 5.74) is 0.554. The van der Waals surface area contributed by atoms with Crippen LogP contribution in [0.25, 0.3) is 0 Å². The molecule has 0 heteroatoms. The molecule has 0 saturated heterocycles. The Morgan fingerprint density at radius 2 is 1.14 bits per heavy atom. The Balaban J connectivity index is 3.79. The normalized spacial score (nSPS) is 17.7. The summed E-state index contributed by atoms with van der Waals surface area (Å²) in [6.45, 7) is 19.3. The lowest BCUT2D eigenvalue weighted by Gasteiger charge is -2.34. The molecular formula is C22H46. The highest BCUT2D eigenvalue weighted by Gasteiger charge is 2.26. The molecule has 0 radical (unpaired) electrons. The van der Waals surface area contributed by atoms with E-state index in [9.17, 15) is 0 Å². The molecule has 0 aliphatic heterocycles. The lowest BCUT2D eigenvalue weighted by atomic mass is 9.72. The van der Waals surface area contributed by atoms with E-state index >= 15 is 0 Å². The third-order valence-electron chi connectivity index (χ3n) is 6.28. The van der Waals surface area contributed by atoms with Gasteiger partial charge in [-0.05, 0) is 35.5 Å². The minimum atomic E-state index is 0.554. The Labute approximate surface area is 142 Å². The van der Waals surface area contributed by atoms with E-state index in [2.05, 4.69) is 55.4 Å². The topological polar surface area (TPSA) is 0 Å². The maximum atomic E-state index is 2.49. The molecule has 0 rings (SSSR count). The molecule has 0 N–H and O–H groups in total. The van der Waals surface area contributed by atoms with Gasteiger partial charge in [-0.3, -0.25) is 0 Å². The first kappa shape index (κ1) is 22.0. The molecule has 0 aliphatic carbocycles. The van der Waals surface area contributed by atoms with Crippen molar-refractivity contribution in [3.8, 4) is 0 Å². The molecule has 0 fully saturated rings. The Kier molecular flexibility index (Phi) is 11.5. The van der Waals surface area contributed by atoms with Crippen molar-refractivity contribution < 1.29 is 0 Å². The van der Waals surface area contributed by atoms with Crippen LogP contribution in [0.4, 0.5) is 0 Å². The SMILES string of the molecule is CCC(C)(CCC(C)CCCC(C)CCCC(C)C)C(C)C. The van der Waals surface area contributed by atoms with E-state index in [0.717, 1.165) is 23.7 Å². The van der Waals surface area contributed by atoms with Crippen LogP contribution >= 0.6 is 0 Å². The molecule has 0 saturated carbocycles. The molecule has 0 aromatic heterocycles. The van der Waals surface area contributed by atoms with Crippen molar-refractivity contribution in [3.05, 3.63) is 0 Å². The molecule has 3 atom stereocenters. The van der Waals surface area contributed by atoms with E-state index in [-0.39, 0.29) is 0 Å². The second kappa shape index (κ2) is 11.5. The number of hydrogen-bond donors (Lipinski definition) is 0. The highest BCUT2D eigenvalue weighted by molar-refractivity contribution is 4.77. The second-order valence-corrected chi connectivity index (χ2v) is 9.17. The minimum absolute atomic E-state index is 0.554. The predicted molar refractivity (Wildman–Crippen MR) is 103 cm³/mol. The van der Waals surface area contributed by atoms with Crippen molar-refractivity contribution in [2.24, 2.45) is 29.1 Å². The fourth-order valence-corrected chi connectivity index (χ4v) is 3.43. The van der Waals surface area contributed by atoms with E-state index in [1.54, 1.807) is 0 Å². The highest BCUT2D eigenvalue weighted by Crippen LogP contribution is 2.37. The van der Waals surface area contributed by atoms with Crippen LogP contribution in [-0.4, -0.2) is 0 Å². The van der Waals surface area contributed by atoms with Crippen LogP contribution < -0.4 is 0 Å². The van der Waals surface area contributed by atoms with Gasteiger partial charge in [0.15, 0.2) is 0 Å². The van der Waals surface area contributed by atoms with Crippen molar-refractivity contribution in [1.29, 1.82) is 0 Å². The van der Waals surface area contributed by atoms with E-state index in [4.69, 9.17) is 0 Å². The molecule has 134 valence electrons. The van der Waals surface area contributed by atoms with Gasteiger partial charge in [-0.2, -0.15) is 0 Å². The number of hydrogen-bond acceptors (Lipinski definition) is 0. The zero-order valence-electron chi connectivity index (χ0n) is 17.2. The van der Waals surface area contributed by atoms with Crippen molar-refractivity contribution in [1.82, 2.24) is 0 Å². The molecule has 0 heterocycles. The van der Waals surface area contributed by atoms with Gasteiger partial charge in [0.05, 0.1) is 0 Å². The zero-order valence-corrected chi connectivity index (χ0v) is 17.2. The van der Waals surface area contributed by atoms with Gasteiger partial charge in [0.25, 0.3) is 0 Å². The first-order valence-electron chi connectivity index (χ1n) is 10.2. The summed E-state index contributed by atoms with van der Waals surface area (Å²) in [7, 11) is 0. The fraction of sp³-hybridized carbons (Fsp3) is 1.00. The predicted octanol–water partition coefficient (Wildman–Crippen LogP) is 8.11. The summed E-state index contributed by atoms with van der Waals surface area (Å²) < 4.78 is 0. The fourth-order valence-electron chi connectivity index (χ4n) is 3.43. The van der Waals surface area contributed by atoms with Crippen molar-refractivity contribution in [3.63, 3.8) is 0 Å². The Morgan fingerprint density at radius 3 is 1.55 bits per heavy atom. The van der Waals surface area contributed by atoms with Gasteiger partial charge in [0.2, 0.25) is 0 Å². The van der Waals surface area contributed by atoms with E-state index < -0.39 is 0 Å². The van der Waals surface area contributed by atoms with Gasteiger partial charge in [-0.25, -0.2) is 0 Å². The lowest BCUT2D eigenvalue weighted by molar-refractivity contribution is 0.173. The maximum absolute atomic E-state index is 2.49. The molecule has 0 bridgehead atoms. The second-order valence-electron chi connectivity index (χ2n) is 9.17. The van der Waals surface area contributed by atoms with E-state index in [1.807, 2.05) is 0 Å². The lowest BCUT2D eigenvalue weighted by Crippen LogP contribution is -2.23. The standard InChI is InChI=1S/C22H46/c1-9-22(8,19(4)5)17-16-21(7)15-11-14-20(6)13-10-12-18(2)3/h18-21H,9-17H2,1-8H3. The smallest absolute Gasteiger partial charge is 0.0305 e. The quantitative estimate of drug-likeness (QED) is 0.322. The molecule has 0 nitrogen and oxygen atoms in total. The van der Waals surface area contributed by atoms with Crippen LogP contribution in [0.2, 0.25) is 0 Å². The molecule has 0 spiro atoms. The van der Waals surface area contributed by atoms with Gasteiger partial charge in [-0.1, -0.05) is 107 Å². The number of rotatable bonds is 13. The summed E-state index contributed by atoms with van der Waals surface area (Å²) in [6.07, 6.45) is 12.7. The first-order chi connectivity index (χ1) is 10.2. The van der Waals surface area contributed by atoms with Crippen LogP contribution in [0, 0.1) is 29.1 Å². The first-order valence-corrected chi connectivity index (χ1v) is 10.2. The van der Waals surface area contributed by atoms with Crippen LogP contribution in [0.1, 0.15) is 113 Å². The monoisotopic (exact) mass is 310 g/mol. The molecule has 0 aromatic rings. The van der Waals surface area contributed by atoms with Crippen molar-refractivity contribution in [2.75, 3.05) is 0 Å². The molecule has 0 amide bonds. The van der Waals surface area contributed by atoms with Gasteiger partial charge in [-0.15, -0.1) is 0 Å². The van der Waals surface area contributed by atoms with Crippen LogP contribution in [0.15, 0.2) is 0 Å². The Hall–Kier alpha value is 0. The van der Waals surface area contributed by atoms with Gasteiger partial charge in [0, 0.05) is 0 Å². The van der Waals surface area contributed by atoms with Crippen molar-refractivity contribution >= 4 is 0 Å². The Morgan fingerprint density at radius 1 is 0.682 bits per heavy atom. The Bertz CT molecular complexity index is 253. The summed E-state index contributed by atoms with van der Waals surface area (Å²) in [4.78, 5) is 0. The third kappa shape index (κ3) is 9.90. The molecular weight excluding hydrogens is 264 g/mol.